The van der Waals surface area contributed by atoms with Crippen LogP contribution in [0, 0.1) is 0 Å². The Morgan fingerprint density at radius 1 is 1.00 bits per heavy atom. The quantitative estimate of drug-likeness (QED) is 0.727. The van der Waals surface area contributed by atoms with Gasteiger partial charge in [0, 0.05) is 26.2 Å². The summed E-state index contributed by atoms with van der Waals surface area (Å²) in [4.78, 5) is 16.9. The molecule has 2 rings (SSSR count). The number of piperazine rings is 1. The fourth-order valence-corrected chi connectivity index (χ4v) is 2.95. The summed E-state index contributed by atoms with van der Waals surface area (Å²) in [6.07, 6.45) is -0.251. The summed E-state index contributed by atoms with van der Waals surface area (Å²) >= 11 is 0. The van der Waals surface area contributed by atoms with Gasteiger partial charge >= 0.3 is 6.09 Å². The second-order valence-electron chi connectivity index (χ2n) is 8.97. The first-order valence-electron chi connectivity index (χ1n) is 10.4. The van der Waals surface area contributed by atoms with Crippen LogP contribution in [0.2, 0.25) is 0 Å². The minimum atomic E-state index is -0.492. The van der Waals surface area contributed by atoms with Crippen molar-refractivity contribution in [1.29, 1.82) is 0 Å². The van der Waals surface area contributed by atoms with Gasteiger partial charge in [-0.15, -0.1) is 0 Å². The largest absolute Gasteiger partial charge is 0.444 e. The average molecular weight is 393 g/mol. The van der Waals surface area contributed by atoms with Gasteiger partial charge in [-0.05, 0) is 47.1 Å². The number of carbonyl (C=O) groups is 1. The lowest BCUT2D eigenvalue weighted by molar-refractivity contribution is -0.0604. The number of amides is 1. The van der Waals surface area contributed by atoms with E-state index in [0.717, 1.165) is 19.6 Å². The zero-order valence-electron chi connectivity index (χ0n) is 19.1. The molecule has 0 saturated carbocycles. The van der Waals surface area contributed by atoms with Crippen LogP contribution >= 0.6 is 0 Å². The molecule has 28 heavy (non-hydrogen) atoms. The van der Waals surface area contributed by atoms with E-state index in [-0.39, 0.29) is 17.7 Å². The van der Waals surface area contributed by atoms with E-state index in [4.69, 9.17) is 9.47 Å². The molecule has 0 N–H and O–H groups in total. The van der Waals surface area contributed by atoms with Crippen LogP contribution in [0.4, 0.5) is 4.79 Å². The molecule has 0 aliphatic carbocycles. The van der Waals surface area contributed by atoms with Gasteiger partial charge in [-0.3, -0.25) is 4.90 Å². The summed E-state index contributed by atoms with van der Waals surface area (Å²) in [6.45, 7) is 19.5. The van der Waals surface area contributed by atoms with Gasteiger partial charge in [-0.2, -0.15) is 0 Å². The van der Waals surface area contributed by atoms with Crippen molar-refractivity contribution >= 4 is 6.09 Å². The van der Waals surface area contributed by atoms with Crippen molar-refractivity contribution in [3.05, 3.63) is 35.9 Å². The fourth-order valence-electron chi connectivity index (χ4n) is 2.95. The van der Waals surface area contributed by atoms with Gasteiger partial charge in [0.15, 0.2) is 0 Å². The van der Waals surface area contributed by atoms with Crippen LogP contribution in [0.25, 0.3) is 0 Å². The first-order valence-corrected chi connectivity index (χ1v) is 10.4. The Kier molecular flexibility index (Phi) is 9.45. The second kappa shape index (κ2) is 10.8. The molecule has 1 atom stereocenters. The zero-order chi connectivity index (χ0) is 21.4. The molecule has 1 aliphatic heterocycles. The number of nitrogens with zero attached hydrogens (tertiary/aromatic N) is 2. The molecule has 1 unspecified atom stereocenters. The molecule has 0 aromatic heterocycles. The third kappa shape index (κ3) is 9.07. The van der Waals surface area contributed by atoms with E-state index in [1.165, 1.54) is 5.56 Å². The van der Waals surface area contributed by atoms with Crippen molar-refractivity contribution in [3.8, 4) is 0 Å². The van der Waals surface area contributed by atoms with Crippen molar-refractivity contribution in [3.63, 3.8) is 0 Å². The molecule has 1 aromatic carbocycles. The van der Waals surface area contributed by atoms with Crippen LogP contribution in [-0.4, -0.2) is 59.4 Å². The zero-order valence-corrected chi connectivity index (χ0v) is 19.1. The number of benzene rings is 1. The van der Waals surface area contributed by atoms with E-state index in [1.54, 1.807) is 0 Å². The Labute approximate surface area is 172 Å². The molecule has 0 radical (unpaired) electrons. The maximum Gasteiger partial charge on any atom is 0.410 e. The highest BCUT2D eigenvalue weighted by atomic mass is 16.6. The topological polar surface area (TPSA) is 42.0 Å². The van der Waals surface area contributed by atoms with Crippen LogP contribution in [0.3, 0.4) is 0 Å². The maximum atomic E-state index is 12.6. The summed E-state index contributed by atoms with van der Waals surface area (Å²) in [6, 6.07) is 10.4. The minimum absolute atomic E-state index is 0.0125. The second-order valence-corrected chi connectivity index (χ2v) is 8.97. The predicted molar refractivity (Wildman–Crippen MR) is 116 cm³/mol. The SMILES string of the molecule is CC.CC(C)(C)OCC1CN(Cc2ccccc2)CCN1C(=O)OC(C)(C)C. The Bertz CT molecular complexity index is 576. The minimum Gasteiger partial charge on any atom is -0.444 e. The van der Waals surface area contributed by atoms with Crippen molar-refractivity contribution in [2.24, 2.45) is 0 Å². The molecule has 0 bridgehead atoms. The van der Waals surface area contributed by atoms with E-state index in [9.17, 15) is 4.79 Å². The third-order valence-electron chi connectivity index (χ3n) is 4.15. The van der Waals surface area contributed by atoms with E-state index in [0.29, 0.717) is 13.2 Å². The number of hydrogen-bond acceptors (Lipinski definition) is 4. The normalized spacial score (nSPS) is 18.3. The van der Waals surface area contributed by atoms with Gasteiger partial charge in [0.05, 0.1) is 18.2 Å². The van der Waals surface area contributed by atoms with Crippen LogP contribution in [0.1, 0.15) is 61.0 Å². The highest BCUT2D eigenvalue weighted by molar-refractivity contribution is 5.68. The summed E-state index contributed by atoms with van der Waals surface area (Å²) in [5.41, 5.74) is 0.559. The van der Waals surface area contributed by atoms with Crippen molar-refractivity contribution < 1.29 is 14.3 Å². The van der Waals surface area contributed by atoms with Gasteiger partial charge in [0.2, 0.25) is 0 Å². The van der Waals surface area contributed by atoms with E-state index >= 15 is 0 Å². The lowest BCUT2D eigenvalue weighted by Gasteiger charge is -2.42. The van der Waals surface area contributed by atoms with Crippen LogP contribution < -0.4 is 0 Å². The molecule has 1 aromatic rings. The Morgan fingerprint density at radius 2 is 1.61 bits per heavy atom. The number of hydrogen-bond donors (Lipinski definition) is 0. The van der Waals surface area contributed by atoms with E-state index < -0.39 is 5.60 Å². The molecule has 5 heteroatoms. The van der Waals surface area contributed by atoms with Crippen molar-refractivity contribution in [1.82, 2.24) is 9.80 Å². The molecule has 5 nitrogen and oxygen atoms in total. The van der Waals surface area contributed by atoms with Gasteiger partial charge in [0.25, 0.3) is 0 Å². The highest BCUT2D eigenvalue weighted by Gasteiger charge is 2.34. The van der Waals surface area contributed by atoms with Crippen LogP contribution in [0.15, 0.2) is 30.3 Å². The number of ether oxygens (including phenoxy) is 2. The number of rotatable bonds is 4. The summed E-state index contributed by atoms with van der Waals surface area (Å²) in [5, 5.41) is 0. The first-order chi connectivity index (χ1) is 13.0. The highest BCUT2D eigenvalue weighted by Crippen LogP contribution is 2.19. The smallest absolute Gasteiger partial charge is 0.410 e. The van der Waals surface area contributed by atoms with Crippen molar-refractivity contribution in [2.45, 2.75) is 79.2 Å². The summed E-state index contributed by atoms with van der Waals surface area (Å²) in [5.74, 6) is 0. The third-order valence-corrected chi connectivity index (χ3v) is 4.15. The Balaban J connectivity index is 0.00000190. The van der Waals surface area contributed by atoms with Crippen molar-refractivity contribution in [2.75, 3.05) is 26.2 Å². The molecule has 0 spiro atoms. The van der Waals surface area contributed by atoms with Gasteiger partial charge in [-0.25, -0.2) is 4.79 Å². The Hall–Kier alpha value is -1.59. The molecule has 1 amide bonds. The van der Waals surface area contributed by atoms with Crippen LogP contribution in [-0.2, 0) is 16.0 Å². The fraction of sp³-hybridized carbons (Fsp3) is 0.696. The molecule has 1 aliphatic rings. The first kappa shape index (κ1) is 24.4. The molecular weight excluding hydrogens is 352 g/mol. The monoisotopic (exact) mass is 392 g/mol. The maximum absolute atomic E-state index is 12.6. The van der Waals surface area contributed by atoms with Gasteiger partial charge in [-0.1, -0.05) is 44.2 Å². The number of carbonyl (C=O) groups excluding carboxylic acids is 1. The molecule has 160 valence electrons. The van der Waals surface area contributed by atoms with Gasteiger partial charge in [0.1, 0.15) is 5.60 Å². The molecule has 1 heterocycles. The summed E-state index contributed by atoms with van der Waals surface area (Å²) < 4.78 is 11.6. The Morgan fingerprint density at radius 3 is 2.14 bits per heavy atom. The summed E-state index contributed by atoms with van der Waals surface area (Å²) in [7, 11) is 0. The molecule has 1 fully saturated rings. The standard InChI is InChI=1S/C21H34N2O3.C2H6/c1-20(2,3)25-16-18-15-22(14-17-10-8-7-9-11-17)12-13-23(18)19(24)26-21(4,5)6;1-2/h7-11,18H,12-16H2,1-6H3;1-2H3. The predicted octanol–water partition coefficient (Wildman–Crippen LogP) is 4.95. The molecule has 1 saturated heterocycles. The van der Waals surface area contributed by atoms with Gasteiger partial charge < -0.3 is 14.4 Å². The average Bonchev–Trinajstić information content (AvgIpc) is 2.60. The lowest BCUT2D eigenvalue weighted by atomic mass is 10.1. The van der Waals surface area contributed by atoms with E-state index in [1.807, 2.05) is 66.4 Å². The molecular formula is C23H40N2O3. The van der Waals surface area contributed by atoms with Crippen LogP contribution in [0.5, 0.6) is 0 Å². The van der Waals surface area contributed by atoms with E-state index in [2.05, 4.69) is 29.2 Å². The lowest BCUT2D eigenvalue weighted by Crippen LogP contribution is -2.57.